The maximum Gasteiger partial charge on any atom is 0.275 e. The van der Waals surface area contributed by atoms with Crippen LogP contribution in [-0.2, 0) is 9.53 Å². The summed E-state index contributed by atoms with van der Waals surface area (Å²) >= 11 is 0. The normalized spacial score (nSPS) is 21.0. The Morgan fingerprint density at radius 3 is 2.68 bits per heavy atom. The van der Waals surface area contributed by atoms with Gasteiger partial charge in [0.2, 0.25) is 5.91 Å². The van der Waals surface area contributed by atoms with E-state index in [1.807, 2.05) is 29.2 Å². The maximum absolute atomic E-state index is 12.8. The van der Waals surface area contributed by atoms with Gasteiger partial charge in [0, 0.05) is 38.2 Å². The second-order valence-corrected chi connectivity index (χ2v) is 6.63. The molecule has 4 rings (SSSR count). The van der Waals surface area contributed by atoms with Gasteiger partial charge < -0.3 is 14.5 Å². The van der Waals surface area contributed by atoms with Crippen molar-refractivity contribution in [3.05, 3.63) is 30.0 Å². The molecular formula is C18H22N4O3. The van der Waals surface area contributed by atoms with Crippen molar-refractivity contribution in [1.82, 2.24) is 20.0 Å². The molecule has 1 aromatic carbocycles. The number of carbonyl (C=O) groups is 2. The van der Waals surface area contributed by atoms with Gasteiger partial charge in [-0.2, -0.15) is 5.10 Å². The molecule has 2 aliphatic rings. The second kappa shape index (κ2) is 6.84. The topological polar surface area (TPSA) is 78.5 Å². The molecule has 25 heavy (non-hydrogen) atoms. The lowest BCUT2D eigenvalue weighted by Crippen LogP contribution is -2.51. The Labute approximate surface area is 145 Å². The largest absolute Gasteiger partial charge is 0.378 e. The number of para-hydroxylation sites is 1. The molecule has 0 saturated carbocycles. The summed E-state index contributed by atoms with van der Waals surface area (Å²) in [7, 11) is 0. The standard InChI is InChI=1S/C18H22N4O3/c23-16(12-13-4-3-11-25-13)21-7-9-22(10-8-21)18(24)17-14-5-1-2-6-15(14)19-20-17/h1-2,5-6,13H,3-4,7-12H2,(H,19,20)/t13-/m1/s1. The summed E-state index contributed by atoms with van der Waals surface area (Å²) in [6.45, 7) is 2.98. The van der Waals surface area contributed by atoms with Crippen LogP contribution in [0.4, 0.5) is 0 Å². The molecule has 2 aliphatic heterocycles. The van der Waals surface area contributed by atoms with Crippen molar-refractivity contribution in [3.63, 3.8) is 0 Å². The third-order valence-electron chi connectivity index (χ3n) is 5.02. The summed E-state index contributed by atoms with van der Waals surface area (Å²) in [4.78, 5) is 28.7. The molecule has 0 unspecified atom stereocenters. The highest BCUT2D eigenvalue weighted by atomic mass is 16.5. The van der Waals surface area contributed by atoms with Crippen molar-refractivity contribution in [3.8, 4) is 0 Å². The van der Waals surface area contributed by atoms with Crippen molar-refractivity contribution < 1.29 is 14.3 Å². The molecule has 2 aromatic rings. The van der Waals surface area contributed by atoms with Gasteiger partial charge in [0.05, 0.1) is 18.0 Å². The first-order valence-electron chi connectivity index (χ1n) is 8.84. The SMILES string of the molecule is O=C(C[C@H]1CCCO1)N1CCN(C(=O)c2n[nH]c3ccccc23)CC1. The van der Waals surface area contributed by atoms with Crippen LogP contribution in [0.25, 0.3) is 10.9 Å². The number of H-pyrrole nitrogens is 1. The van der Waals surface area contributed by atoms with Gasteiger partial charge in [0.1, 0.15) is 0 Å². The average molecular weight is 342 g/mol. The van der Waals surface area contributed by atoms with E-state index in [2.05, 4.69) is 10.2 Å². The number of aromatic nitrogens is 2. The lowest BCUT2D eigenvalue weighted by atomic mass is 10.1. The van der Waals surface area contributed by atoms with E-state index in [0.717, 1.165) is 30.4 Å². The molecule has 0 aliphatic carbocycles. The minimum atomic E-state index is -0.0799. The number of benzene rings is 1. The minimum absolute atomic E-state index is 0.0718. The summed E-state index contributed by atoms with van der Waals surface area (Å²) in [5, 5.41) is 7.92. The number of hydrogen-bond donors (Lipinski definition) is 1. The quantitative estimate of drug-likeness (QED) is 0.915. The number of hydrogen-bond acceptors (Lipinski definition) is 4. The Morgan fingerprint density at radius 2 is 1.92 bits per heavy atom. The van der Waals surface area contributed by atoms with Crippen LogP contribution in [0.5, 0.6) is 0 Å². The van der Waals surface area contributed by atoms with Crippen molar-refractivity contribution in [2.75, 3.05) is 32.8 Å². The van der Waals surface area contributed by atoms with E-state index < -0.39 is 0 Å². The molecule has 2 amide bonds. The third kappa shape index (κ3) is 3.24. The van der Waals surface area contributed by atoms with E-state index in [9.17, 15) is 9.59 Å². The fraction of sp³-hybridized carbons (Fsp3) is 0.500. The number of piperazine rings is 1. The van der Waals surface area contributed by atoms with Crippen LogP contribution in [0, 0.1) is 0 Å². The third-order valence-corrected chi connectivity index (χ3v) is 5.02. The summed E-state index contributed by atoms with van der Waals surface area (Å²) in [5.74, 6) is 0.0490. The number of nitrogens with one attached hydrogen (secondary N) is 1. The van der Waals surface area contributed by atoms with Crippen LogP contribution < -0.4 is 0 Å². The van der Waals surface area contributed by atoms with Gasteiger partial charge in [-0.3, -0.25) is 14.7 Å². The number of fused-ring (bicyclic) bond motifs is 1. The van der Waals surface area contributed by atoms with Gasteiger partial charge in [-0.25, -0.2) is 0 Å². The van der Waals surface area contributed by atoms with Crippen molar-refractivity contribution in [2.24, 2.45) is 0 Å². The molecular weight excluding hydrogens is 320 g/mol. The molecule has 2 saturated heterocycles. The fourth-order valence-corrected chi connectivity index (χ4v) is 3.56. The first kappa shape index (κ1) is 16.1. The monoisotopic (exact) mass is 342 g/mol. The Morgan fingerprint density at radius 1 is 1.16 bits per heavy atom. The highest BCUT2D eigenvalue weighted by Gasteiger charge is 2.28. The van der Waals surface area contributed by atoms with Crippen molar-refractivity contribution in [2.45, 2.75) is 25.4 Å². The molecule has 1 atom stereocenters. The number of rotatable bonds is 3. The van der Waals surface area contributed by atoms with Gasteiger partial charge in [-0.1, -0.05) is 18.2 Å². The molecule has 7 heteroatoms. The molecule has 132 valence electrons. The summed E-state index contributed by atoms with van der Waals surface area (Å²) in [6, 6.07) is 7.61. The Hall–Kier alpha value is -2.41. The lowest BCUT2D eigenvalue weighted by Gasteiger charge is -2.34. The van der Waals surface area contributed by atoms with E-state index in [1.54, 1.807) is 4.90 Å². The van der Waals surface area contributed by atoms with Gasteiger partial charge in [0.15, 0.2) is 5.69 Å². The first-order chi connectivity index (χ1) is 12.2. The van der Waals surface area contributed by atoms with Crippen LogP contribution >= 0.6 is 0 Å². The van der Waals surface area contributed by atoms with Crippen molar-refractivity contribution in [1.29, 1.82) is 0 Å². The Balaban J connectivity index is 1.36. The molecule has 1 N–H and O–H groups in total. The number of nitrogens with zero attached hydrogens (tertiary/aromatic N) is 3. The van der Waals surface area contributed by atoms with Gasteiger partial charge in [0.25, 0.3) is 5.91 Å². The molecule has 0 spiro atoms. The Bertz CT molecular complexity index is 773. The zero-order valence-electron chi connectivity index (χ0n) is 14.1. The number of amides is 2. The van der Waals surface area contributed by atoms with Gasteiger partial charge >= 0.3 is 0 Å². The molecule has 2 fully saturated rings. The van der Waals surface area contributed by atoms with E-state index in [-0.39, 0.29) is 17.9 Å². The minimum Gasteiger partial charge on any atom is -0.378 e. The first-order valence-corrected chi connectivity index (χ1v) is 8.84. The Kier molecular flexibility index (Phi) is 4.40. The van der Waals surface area contributed by atoms with E-state index in [4.69, 9.17) is 4.74 Å². The van der Waals surface area contributed by atoms with Crippen LogP contribution in [0.15, 0.2) is 24.3 Å². The highest BCUT2D eigenvalue weighted by molar-refractivity contribution is 6.04. The summed E-state index contributed by atoms with van der Waals surface area (Å²) in [5.41, 5.74) is 1.31. The predicted octanol–water partition coefficient (Wildman–Crippen LogP) is 1.42. The molecule has 7 nitrogen and oxygen atoms in total. The van der Waals surface area contributed by atoms with Crippen LogP contribution in [0.2, 0.25) is 0 Å². The lowest BCUT2D eigenvalue weighted by molar-refractivity contribution is -0.134. The zero-order chi connectivity index (χ0) is 17.2. The van der Waals surface area contributed by atoms with E-state index >= 15 is 0 Å². The van der Waals surface area contributed by atoms with Crippen LogP contribution in [0.3, 0.4) is 0 Å². The number of aromatic amines is 1. The maximum atomic E-state index is 12.8. The van der Waals surface area contributed by atoms with Crippen LogP contribution in [-0.4, -0.2) is 70.7 Å². The number of ether oxygens (including phenoxy) is 1. The molecule has 0 radical (unpaired) electrons. The predicted molar refractivity (Wildman–Crippen MR) is 92.2 cm³/mol. The molecule has 3 heterocycles. The smallest absolute Gasteiger partial charge is 0.275 e. The van der Waals surface area contributed by atoms with Crippen LogP contribution in [0.1, 0.15) is 29.8 Å². The summed E-state index contributed by atoms with van der Waals surface area (Å²) in [6.07, 6.45) is 2.54. The average Bonchev–Trinajstić information content (AvgIpc) is 3.31. The fourth-order valence-electron chi connectivity index (χ4n) is 3.56. The molecule has 1 aromatic heterocycles. The second-order valence-electron chi connectivity index (χ2n) is 6.63. The van der Waals surface area contributed by atoms with Gasteiger partial charge in [-0.05, 0) is 18.9 Å². The van der Waals surface area contributed by atoms with E-state index in [0.29, 0.717) is 38.3 Å². The van der Waals surface area contributed by atoms with E-state index in [1.165, 1.54) is 0 Å². The zero-order valence-corrected chi connectivity index (χ0v) is 14.1. The highest BCUT2D eigenvalue weighted by Crippen LogP contribution is 2.19. The molecule has 0 bridgehead atoms. The van der Waals surface area contributed by atoms with Gasteiger partial charge in [-0.15, -0.1) is 0 Å². The number of carbonyl (C=O) groups excluding carboxylic acids is 2. The summed E-state index contributed by atoms with van der Waals surface area (Å²) < 4.78 is 5.54. The van der Waals surface area contributed by atoms with Crippen molar-refractivity contribution >= 4 is 22.7 Å².